The molecule has 202 valence electrons. The Kier molecular flexibility index (Phi) is 8.87. The molecule has 5 saturated carbocycles. The van der Waals surface area contributed by atoms with Crippen LogP contribution in [0.2, 0.25) is 0 Å². The van der Waals surface area contributed by atoms with Gasteiger partial charge in [0.2, 0.25) is 0 Å². The highest BCUT2D eigenvalue weighted by Gasteiger charge is 2.68. The molecular weight excluding hydrogens is 438 g/mol. The molecular formula is C30H53NO4. The minimum atomic E-state index is 0.0833. The molecule has 0 bridgehead atoms. The van der Waals surface area contributed by atoms with Crippen molar-refractivity contribution in [1.29, 1.82) is 0 Å². The Balaban J connectivity index is 0.000000521. The molecule has 35 heavy (non-hydrogen) atoms. The molecule has 0 radical (unpaired) electrons. The van der Waals surface area contributed by atoms with Crippen molar-refractivity contribution in [2.24, 2.45) is 56.4 Å². The topological polar surface area (TPSA) is 93.3 Å². The largest absolute Gasteiger partial charge is 0.411 e. The Bertz CT molecular complexity index is 769. The molecule has 0 aromatic carbocycles. The lowest BCUT2D eigenvalue weighted by molar-refractivity contribution is -0.223. The standard InChI is InChI=1S/C26H43NO2.C3H6O.CH4O/c1-17-18-9-13-25(4)22(23(18,2)12-10-21(17)27-29)8-7-19-20-6-5-11-26(20,16-28)15-14-24(19,25)3;1-2-3-4;1-2/h17-20,22,28-29H,5-16H2,1-4H3;2,4H,1,3H2;2H,1H3/b27-21+;;/t17?,18?,19?,20?,22?,23?,24-,25?,26?;;/m1../s1. The lowest BCUT2D eigenvalue weighted by atomic mass is 9.33. The van der Waals surface area contributed by atoms with Gasteiger partial charge in [0.25, 0.3) is 0 Å². The molecule has 5 heteroatoms. The third kappa shape index (κ3) is 4.22. The van der Waals surface area contributed by atoms with Crippen molar-refractivity contribution in [2.75, 3.05) is 20.3 Å². The van der Waals surface area contributed by atoms with Crippen LogP contribution in [0.5, 0.6) is 0 Å². The number of rotatable bonds is 2. The molecule has 9 atom stereocenters. The SMILES string of the molecule is C=CCO.CC1/C(=N/O)CCC2(C)C1CCC1(C)C2CCC2C3CCCC3(CO)CC[C@]21C.CO. The van der Waals surface area contributed by atoms with Gasteiger partial charge < -0.3 is 20.5 Å². The van der Waals surface area contributed by atoms with Gasteiger partial charge in [0.1, 0.15) is 0 Å². The molecule has 5 fully saturated rings. The first-order chi connectivity index (χ1) is 16.7. The maximum Gasteiger partial charge on any atom is 0.0609 e. The smallest absolute Gasteiger partial charge is 0.0609 e. The van der Waals surface area contributed by atoms with Crippen LogP contribution < -0.4 is 0 Å². The average molecular weight is 492 g/mol. The fourth-order valence-electron chi connectivity index (χ4n) is 10.5. The van der Waals surface area contributed by atoms with E-state index in [2.05, 4.69) is 39.4 Å². The van der Waals surface area contributed by atoms with Crippen LogP contribution in [0.4, 0.5) is 0 Å². The second-order valence-electron chi connectivity index (χ2n) is 13.1. The molecule has 0 saturated heterocycles. The number of fused-ring (bicyclic) bond motifs is 7. The Morgan fingerprint density at radius 3 is 2.17 bits per heavy atom. The lowest BCUT2D eigenvalue weighted by Crippen LogP contribution is -2.65. The average Bonchev–Trinajstić information content (AvgIpc) is 3.31. The van der Waals surface area contributed by atoms with Crippen molar-refractivity contribution in [1.82, 2.24) is 0 Å². The zero-order valence-electron chi connectivity index (χ0n) is 23.1. The Hall–Kier alpha value is -0.910. The van der Waals surface area contributed by atoms with Crippen molar-refractivity contribution >= 4 is 5.71 Å². The van der Waals surface area contributed by atoms with E-state index < -0.39 is 0 Å². The molecule has 4 N–H and O–H groups in total. The fourth-order valence-corrected chi connectivity index (χ4v) is 10.5. The van der Waals surface area contributed by atoms with Crippen molar-refractivity contribution in [3.05, 3.63) is 12.7 Å². The zero-order chi connectivity index (χ0) is 26.1. The van der Waals surface area contributed by atoms with Crippen molar-refractivity contribution in [3.63, 3.8) is 0 Å². The van der Waals surface area contributed by atoms with Gasteiger partial charge in [-0.2, -0.15) is 0 Å². The second kappa shape index (κ2) is 10.8. The summed E-state index contributed by atoms with van der Waals surface area (Å²) in [5, 5.41) is 38.3. The van der Waals surface area contributed by atoms with Crippen LogP contribution in [-0.4, -0.2) is 46.6 Å². The highest BCUT2D eigenvalue weighted by Crippen LogP contribution is 2.75. The molecule has 0 aromatic rings. The number of hydrogen-bond acceptors (Lipinski definition) is 5. The summed E-state index contributed by atoms with van der Waals surface area (Å²) in [6, 6.07) is 0. The molecule has 0 aliphatic heterocycles. The lowest BCUT2D eigenvalue weighted by Gasteiger charge is -2.71. The van der Waals surface area contributed by atoms with Gasteiger partial charge in [-0.15, -0.1) is 6.58 Å². The maximum absolute atomic E-state index is 10.4. The summed E-state index contributed by atoms with van der Waals surface area (Å²) >= 11 is 0. The Labute approximate surface area is 214 Å². The highest BCUT2D eigenvalue weighted by atomic mass is 16.4. The molecule has 5 rings (SSSR count). The number of oxime groups is 1. The molecule has 0 amide bonds. The van der Waals surface area contributed by atoms with E-state index in [-0.39, 0.29) is 12.0 Å². The molecule has 0 spiro atoms. The predicted octanol–water partition coefficient (Wildman–Crippen LogP) is 6.05. The van der Waals surface area contributed by atoms with Crippen LogP contribution in [0, 0.1) is 51.2 Å². The van der Waals surface area contributed by atoms with E-state index in [1.54, 1.807) is 0 Å². The number of nitrogens with zero attached hydrogens (tertiary/aromatic N) is 1. The first-order valence-electron chi connectivity index (χ1n) is 14.2. The normalized spacial score (nSPS) is 49.1. The summed E-state index contributed by atoms with van der Waals surface area (Å²) in [4.78, 5) is 0. The number of hydrogen-bond donors (Lipinski definition) is 4. The highest BCUT2D eigenvalue weighted by molar-refractivity contribution is 5.87. The first kappa shape index (κ1) is 28.7. The summed E-state index contributed by atoms with van der Waals surface area (Å²) in [5.74, 6) is 3.46. The summed E-state index contributed by atoms with van der Waals surface area (Å²) in [6.07, 6.45) is 15.5. The van der Waals surface area contributed by atoms with E-state index in [0.29, 0.717) is 34.7 Å². The third-order valence-electron chi connectivity index (χ3n) is 12.5. The van der Waals surface area contributed by atoms with Gasteiger partial charge in [-0.05, 0) is 110 Å². The quantitative estimate of drug-likeness (QED) is 0.215. The van der Waals surface area contributed by atoms with E-state index in [1.807, 2.05) is 0 Å². The molecule has 5 aliphatic carbocycles. The Morgan fingerprint density at radius 2 is 1.57 bits per heavy atom. The predicted molar refractivity (Wildman–Crippen MR) is 142 cm³/mol. The number of aliphatic hydroxyl groups is 3. The van der Waals surface area contributed by atoms with Crippen LogP contribution in [0.1, 0.15) is 98.3 Å². The van der Waals surface area contributed by atoms with E-state index >= 15 is 0 Å². The minimum Gasteiger partial charge on any atom is -0.411 e. The van der Waals surface area contributed by atoms with Crippen molar-refractivity contribution in [3.8, 4) is 0 Å². The second-order valence-corrected chi connectivity index (χ2v) is 13.1. The monoisotopic (exact) mass is 491 g/mol. The van der Waals surface area contributed by atoms with E-state index in [4.69, 9.17) is 10.2 Å². The van der Waals surface area contributed by atoms with Crippen LogP contribution in [0.3, 0.4) is 0 Å². The van der Waals surface area contributed by atoms with Crippen LogP contribution in [-0.2, 0) is 0 Å². The summed E-state index contributed by atoms with van der Waals surface area (Å²) in [6.45, 7) is 14.0. The van der Waals surface area contributed by atoms with Crippen molar-refractivity contribution in [2.45, 2.75) is 98.3 Å². The van der Waals surface area contributed by atoms with Gasteiger partial charge in [-0.3, -0.25) is 0 Å². The summed E-state index contributed by atoms with van der Waals surface area (Å²) in [5.41, 5.74) is 2.52. The van der Waals surface area contributed by atoms with E-state index in [1.165, 1.54) is 70.3 Å². The molecule has 5 aliphatic rings. The molecule has 5 nitrogen and oxygen atoms in total. The molecule has 8 unspecified atom stereocenters. The van der Waals surface area contributed by atoms with E-state index in [0.717, 1.165) is 37.0 Å². The molecule has 0 aromatic heterocycles. The van der Waals surface area contributed by atoms with Gasteiger partial charge >= 0.3 is 0 Å². The van der Waals surface area contributed by atoms with Crippen LogP contribution in [0.15, 0.2) is 17.8 Å². The van der Waals surface area contributed by atoms with Crippen LogP contribution >= 0.6 is 0 Å². The van der Waals surface area contributed by atoms with Gasteiger partial charge in [-0.1, -0.05) is 45.3 Å². The summed E-state index contributed by atoms with van der Waals surface area (Å²) in [7, 11) is 1.00. The van der Waals surface area contributed by atoms with Gasteiger partial charge in [0.05, 0.1) is 12.3 Å². The Morgan fingerprint density at radius 1 is 0.886 bits per heavy atom. The first-order valence-corrected chi connectivity index (χ1v) is 14.2. The zero-order valence-corrected chi connectivity index (χ0v) is 23.1. The van der Waals surface area contributed by atoms with Gasteiger partial charge in [0, 0.05) is 19.6 Å². The third-order valence-corrected chi connectivity index (χ3v) is 12.5. The maximum atomic E-state index is 10.4. The fraction of sp³-hybridized carbons (Fsp3) is 0.900. The van der Waals surface area contributed by atoms with E-state index in [9.17, 15) is 10.3 Å². The minimum absolute atomic E-state index is 0.0833. The van der Waals surface area contributed by atoms with Gasteiger partial charge in [0.15, 0.2) is 0 Å². The van der Waals surface area contributed by atoms with Crippen molar-refractivity contribution < 1.29 is 20.5 Å². The summed E-state index contributed by atoms with van der Waals surface area (Å²) < 4.78 is 0. The van der Waals surface area contributed by atoms with Crippen LogP contribution in [0.25, 0.3) is 0 Å². The van der Waals surface area contributed by atoms with Gasteiger partial charge in [-0.25, -0.2) is 0 Å². The number of aliphatic hydroxyl groups excluding tert-OH is 3. The molecule has 0 heterocycles.